The third-order valence-corrected chi connectivity index (χ3v) is 6.49. The fourth-order valence-electron chi connectivity index (χ4n) is 2.74. The van der Waals surface area contributed by atoms with E-state index >= 15 is 0 Å². The molecule has 0 aromatic carbocycles. The molecule has 1 aliphatic rings. The molecule has 0 saturated heterocycles. The molecule has 0 bridgehead atoms. The second kappa shape index (κ2) is 6.65. The normalized spacial score (nSPS) is 21.6. The summed E-state index contributed by atoms with van der Waals surface area (Å²) in [6.07, 6.45) is 2.17. The summed E-state index contributed by atoms with van der Waals surface area (Å²) in [4.78, 5) is 27.8. The molecule has 0 spiro atoms. The molecule has 5 nitrogen and oxygen atoms in total. The maximum Gasteiger partial charge on any atom is 0.230 e. The quantitative estimate of drug-likeness (QED) is 0.607. The van der Waals surface area contributed by atoms with Crippen LogP contribution in [-0.2, 0) is 9.59 Å². The Kier molecular flexibility index (Phi) is 5.20. The molecule has 1 fully saturated rings. The molecule has 1 aromatic rings. The number of primary amides is 1. The van der Waals surface area contributed by atoms with Crippen LogP contribution in [0.5, 0.6) is 0 Å². The minimum Gasteiger partial charge on any atom is -0.369 e. The lowest BCUT2D eigenvalue weighted by atomic mass is 10.1. The number of carbonyl (C=O) groups is 2. The van der Waals surface area contributed by atoms with Crippen LogP contribution < -0.4 is 11.1 Å². The van der Waals surface area contributed by atoms with Crippen molar-refractivity contribution in [2.45, 2.75) is 38.8 Å². The Balaban J connectivity index is 2.03. The Morgan fingerprint density at radius 1 is 1.43 bits per heavy atom. The van der Waals surface area contributed by atoms with Gasteiger partial charge in [0.15, 0.2) is 5.13 Å². The summed E-state index contributed by atoms with van der Waals surface area (Å²) in [5.74, 6) is 0.116. The van der Waals surface area contributed by atoms with E-state index in [9.17, 15) is 9.59 Å². The van der Waals surface area contributed by atoms with Gasteiger partial charge in [0.2, 0.25) is 11.8 Å². The molecule has 0 aliphatic heterocycles. The fourth-order valence-corrected chi connectivity index (χ4v) is 4.62. The molecule has 126 valence electrons. The minimum atomic E-state index is -0.363. The number of nitrogens with two attached hydrogens (primary N) is 1. The van der Waals surface area contributed by atoms with Crippen LogP contribution in [-0.4, -0.2) is 22.6 Å². The van der Waals surface area contributed by atoms with Crippen LogP contribution in [0.4, 0.5) is 5.13 Å². The van der Waals surface area contributed by atoms with Crippen molar-refractivity contribution in [1.82, 2.24) is 4.98 Å². The molecule has 0 radical (unpaired) electrons. The monoisotopic (exact) mass is 353 g/mol. The zero-order valence-electron chi connectivity index (χ0n) is 14.1. The predicted molar refractivity (Wildman–Crippen MR) is 95.6 cm³/mol. The summed E-state index contributed by atoms with van der Waals surface area (Å²) in [5, 5.41) is 3.50. The molecular formula is C16H23N3O2S2. The van der Waals surface area contributed by atoms with Gasteiger partial charge < -0.3 is 11.1 Å². The lowest BCUT2D eigenvalue weighted by Crippen LogP contribution is -2.16. The Hall–Kier alpha value is -1.34. The van der Waals surface area contributed by atoms with Gasteiger partial charge in [0.1, 0.15) is 0 Å². The minimum absolute atomic E-state index is 0.0118. The maximum atomic E-state index is 12.5. The number of amides is 2. The molecule has 0 unspecified atom stereocenters. The number of rotatable bonds is 6. The first-order valence-electron chi connectivity index (χ1n) is 7.47. The van der Waals surface area contributed by atoms with E-state index in [-0.39, 0.29) is 34.8 Å². The lowest BCUT2D eigenvalue weighted by molar-refractivity contribution is -0.118. The molecule has 2 amide bonds. The second-order valence-electron chi connectivity index (χ2n) is 6.70. The van der Waals surface area contributed by atoms with Gasteiger partial charge in [-0.05, 0) is 32.1 Å². The van der Waals surface area contributed by atoms with Gasteiger partial charge in [-0.3, -0.25) is 9.59 Å². The zero-order chi connectivity index (χ0) is 17.4. The van der Waals surface area contributed by atoms with Gasteiger partial charge in [0, 0.05) is 0 Å². The fraction of sp³-hybridized carbons (Fsp3) is 0.562. The molecule has 7 heteroatoms. The zero-order valence-corrected chi connectivity index (χ0v) is 15.7. The standard InChI is InChI=1S/C16H23N3O2S2/c1-8(2)6-10-12(16(10,4)5)13(21)19-15-18-9(3)14(23-15)22-7-11(17)20/h6,10,12H,7H2,1-5H3,(H2,17,20)(H,18,19,21)/t10-,12-/m1/s1. The van der Waals surface area contributed by atoms with Crippen LogP contribution in [0.2, 0.25) is 0 Å². The number of anilines is 1. The number of carbonyl (C=O) groups excluding carboxylic acids is 2. The Labute approximate surface area is 145 Å². The molecule has 1 saturated carbocycles. The first kappa shape index (κ1) is 18.0. The number of nitrogens with one attached hydrogen (secondary N) is 1. The highest BCUT2D eigenvalue weighted by Crippen LogP contribution is 2.59. The van der Waals surface area contributed by atoms with Crippen molar-refractivity contribution in [3.05, 3.63) is 17.3 Å². The van der Waals surface area contributed by atoms with Gasteiger partial charge in [0.25, 0.3) is 0 Å². The van der Waals surface area contributed by atoms with Crippen LogP contribution in [0.1, 0.15) is 33.4 Å². The van der Waals surface area contributed by atoms with Gasteiger partial charge >= 0.3 is 0 Å². The van der Waals surface area contributed by atoms with E-state index in [4.69, 9.17) is 5.73 Å². The lowest BCUT2D eigenvalue weighted by Gasteiger charge is -2.02. The van der Waals surface area contributed by atoms with Crippen LogP contribution >= 0.6 is 23.1 Å². The molecule has 1 heterocycles. The molecule has 1 aliphatic carbocycles. The summed E-state index contributed by atoms with van der Waals surface area (Å²) in [7, 11) is 0. The number of nitrogens with zero attached hydrogens (tertiary/aromatic N) is 1. The topological polar surface area (TPSA) is 85.1 Å². The van der Waals surface area contributed by atoms with Crippen molar-refractivity contribution in [2.24, 2.45) is 23.0 Å². The third-order valence-electron chi connectivity index (χ3n) is 4.04. The van der Waals surface area contributed by atoms with Crippen LogP contribution in [0, 0.1) is 24.2 Å². The molecular weight excluding hydrogens is 330 g/mol. The SMILES string of the molecule is CC(C)=C[C@@H]1[C@H](C(=O)Nc2nc(C)c(SCC(N)=O)s2)C1(C)C. The van der Waals surface area contributed by atoms with E-state index in [1.54, 1.807) is 0 Å². The summed E-state index contributed by atoms with van der Waals surface area (Å²) in [6, 6.07) is 0. The highest BCUT2D eigenvalue weighted by molar-refractivity contribution is 8.01. The van der Waals surface area contributed by atoms with E-state index in [2.05, 4.69) is 44.1 Å². The first-order valence-corrected chi connectivity index (χ1v) is 9.27. The Morgan fingerprint density at radius 3 is 2.65 bits per heavy atom. The van der Waals surface area contributed by atoms with E-state index < -0.39 is 0 Å². The molecule has 2 rings (SSSR count). The van der Waals surface area contributed by atoms with Gasteiger partial charge in [-0.25, -0.2) is 4.98 Å². The summed E-state index contributed by atoms with van der Waals surface area (Å²) in [5.41, 5.74) is 7.19. The summed E-state index contributed by atoms with van der Waals surface area (Å²) >= 11 is 2.74. The number of thiazole rings is 1. The molecule has 3 N–H and O–H groups in total. The van der Waals surface area contributed by atoms with Crippen molar-refractivity contribution in [1.29, 1.82) is 0 Å². The van der Waals surface area contributed by atoms with Crippen LogP contribution in [0.3, 0.4) is 0 Å². The number of allylic oxidation sites excluding steroid dienone is 2. The number of thioether (sulfide) groups is 1. The van der Waals surface area contributed by atoms with Gasteiger partial charge in [0.05, 0.1) is 21.6 Å². The maximum absolute atomic E-state index is 12.5. The molecule has 1 aromatic heterocycles. The van der Waals surface area contributed by atoms with E-state index in [0.29, 0.717) is 5.13 Å². The third kappa shape index (κ3) is 4.14. The Bertz CT molecular complexity index is 660. The Morgan fingerprint density at radius 2 is 2.09 bits per heavy atom. The van der Waals surface area contributed by atoms with Gasteiger partial charge in [-0.1, -0.05) is 36.8 Å². The van der Waals surface area contributed by atoms with Crippen LogP contribution in [0.25, 0.3) is 0 Å². The largest absolute Gasteiger partial charge is 0.369 e. The highest BCUT2D eigenvalue weighted by Gasteiger charge is 2.60. The second-order valence-corrected chi connectivity index (χ2v) is 8.95. The first-order chi connectivity index (χ1) is 10.6. The number of aromatic nitrogens is 1. The van der Waals surface area contributed by atoms with E-state index in [1.807, 2.05) is 6.92 Å². The van der Waals surface area contributed by atoms with Crippen molar-refractivity contribution < 1.29 is 9.59 Å². The predicted octanol–water partition coefficient (Wildman–Crippen LogP) is 3.21. The van der Waals surface area contributed by atoms with E-state index in [0.717, 1.165) is 9.90 Å². The number of aryl methyl sites for hydroxylation is 1. The smallest absolute Gasteiger partial charge is 0.230 e. The van der Waals surface area contributed by atoms with Gasteiger partial charge in [-0.15, -0.1) is 11.8 Å². The number of hydrogen-bond acceptors (Lipinski definition) is 5. The van der Waals surface area contributed by atoms with Crippen molar-refractivity contribution in [3.63, 3.8) is 0 Å². The molecule has 2 atom stereocenters. The van der Waals surface area contributed by atoms with Gasteiger partial charge in [-0.2, -0.15) is 0 Å². The average Bonchev–Trinajstić information content (AvgIpc) is 2.75. The van der Waals surface area contributed by atoms with Crippen molar-refractivity contribution in [2.75, 3.05) is 11.1 Å². The molecule has 23 heavy (non-hydrogen) atoms. The highest BCUT2D eigenvalue weighted by atomic mass is 32.2. The summed E-state index contributed by atoms with van der Waals surface area (Å²) in [6.45, 7) is 10.2. The van der Waals surface area contributed by atoms with Crippen molar-refractivity contribution in [3.8, 4) is 0 Å². The van der Waals surface area contributed by atoms with E-state index in [1.165, 1.54) is 28.7 Å². The number of hydrogen-bond donors (Lipinski definition) is 2. The van der Waals surface area contributed by atoms with Crippen molar-refractivity contribution >= 4 is 40.0 Å². The summed E-state index contributed by atoms with van der Waals surface area (Å²) < 4.78 is 0.912. The average molecular weight is 354 g/mol. The van der Waals surface area contributed by atoms with Crippen LogP contribution in [0.15, 0.2) is 15.9 Å².